The zero-order valence-electron chi connectivity index (χ0n) is 9.03. The van der Waals surface area contributed by atoms with Gasteiger partial charge in [-0.15, -0.1) is 0 Å². The van der Waals surface area contributed by atoms with E-state index in [1.165, 1.54) is 19.3 Å². The standard InChI is InChI=1S/C11H19NO2/c1-9(2)11(12(13)14)8-10-6-4-3-5-7-10/h8-10H,3-7H2,1-2H3/b11-8+. The lowest BCUT2D eigenvalue weighted by molar-refractivity contribution is -0.433. The summed E-state index contributed by atoms with van der Waals surface area (Å²) >= 11 is 0. The van der Waals surface area contributed by atoms with Crippen LogP contribution in [-0.2, 0) is 0 Å². The second-order valence-electron chi connectivity index (χ2n) is 4.40. The fraction of sp³-hybridized carbons (Fsp3) is 0.818. The van der Waals surface area contributed by atoms with E-state index in [1.807, 2.05) is 19.9 Å². The van der Waals surface area contributed by atoms with Crippen LogP contribution < -0.4 is 0 Å². The summed E-state index contributed by atoms with van der Waals surface area (Å²) in [5.74, 6) is 0.485. The molecule has 0 amide bonds. The fourth-order valence-corrected chi connectivity index (χ4v) is 2.01. The van der Waals surface area contributed by atoms with Crippen LogP contribution in [0.3, 0.4) is 0 Å². The first-order valence-corrected chi connectivity index (χ1v) is 5.47. The monoisotopic (exact) mass is 197 g/mol. The maximum atomic E-state index is 10.8. The summed E-state index contributed by atoms with van der Waals surface area (Å²) in [5.41, 5.74) is 0.400. The van der Waals surface area contributed by atoms with Crippen molar-refractivity contribution in [1.29, 1.82) is 0 Å². The summed E-state index contributed by atoms with van der Waals surface area (Å²) in [5, 5.41) is 10.8. The van der Waals surface area contributed by atoms with Gasteiger partial charge in [0.15, 0.2) is 0 Å². The lowest BCUT2D eigenvalue weighted by atomic mass is 9.88. The molecule has 80 valence electrons. The summed E-state index contributed by atoms with van der Waals surface area (Å²) in [6.45, 7) is 3.77. The first-order valence-electron chi connectivity index (χ1n) is 5.47. The molecular weight excluding hydrogens is 178 g/mol. The highest BCUT2D eigenvalue weighted by Gasteiger charge is 2.20. The maximum Gasteiger partial charge on any atom is 0.245 e. The minimum absolute atomic E-state index is 0.0342. The van der Waals surface area contributed by atoms with Gasteiger partial charge in [0.25, 0.3) is 0 Å². The van der Waals surface area contributed by atoms with E-state index in [2.05, 4.69) is 0 Å². The van der Waals surface area contributed by atoms with Gasteiger partial charge >= 0.3 is 0 Å². The van der Waals surface area contributed by atoms with Gasteiger partial charge in [0.05, 0.1) is 4.92 Å². The predicted molar refractivity (Wildman–Crippen MR) is 56.5 cm³/mol. The van der Waals surface area contributed by atoms with Crippen molar-refractivity contribution in [2.75, 3.05) is 0 Å². The highest BCUT2D eigenvalue weighted by atomic mass is 16.6. The van der Waals surface area contributed by atoms with Crippen LogP contribution in [0.25, 0.3) is 0 Å². The number of hydrogen-bond acceptors (Lipinski definition) is 2. The van der Waals surface area contributed by atoms with Crippen LogP contribution in [0.1, 0.15) is 46.0 Å². The van der Waals surface area contributed by atoms with Gasteiger partial charge in [-0.05, 0) is 24.8 Å². The van der Waals surface area contributed by atoms with E-state index in [0.29, 0.717) is 11.6 Å². The first-order chi connectivity index (χ1) is 6.61. The van der Waals surface area contributed by atoms with Crippen molar-refractivity contribution in [3.63, 3.8) is 0 Å². The number of allylic oxidation sites excluding steroid dienone is 2. The van der Waals surface area contributed by atoms with E-state index in [1.54, 1.807) is 0 Å². The van der Waals surface area contributed by atoms with Gasteiger partial charge in [0.2, 0.25) is 5.70 Å². The van der Waals surface area contributed by atoms with Gasteiger partial charge in [0.1, 0.15) is 0 Å². The van der Waals surface area contributed by atoms with Crippen LogP contribution in [0.5, 0.6) is 0 Å². The molecule has 0 aliphatic heterocycles. The summed E-state index contributed by atoms with van der Waals surface area (Å²) in [6.07, 6.45) is 7.90. The van der Waals surface area contributed by atoms with Crippen LogP contribution in [0.2, 0.25) is 0 Å². The Morgan fingerprint density at radius 2 is 1.93 bits per heavy atom. The van der Waals surface area contributed by atoms with Crippen molar-refractivity contribution in [2.45, 2.75) is 46.0 Å². The molecule has 0 N–H and O–H groups in total. The molecule has 0 radical (unpaired) electrons. The normalized spacial score (nSPS) is 20.1. The average Bonchev–Trinajstić information content (AvgIpc) is 2.15. The Kier molecular flexibility index (Phi) is 4.11. The Bertz CT molecular complexity index is 227. The molecule has 0 aromatic rings. The maximum absolute atomic E-state index is 10.8. The molecular formula is C11H19NO2. The zero-order valence-corrected chi connectivity index (χ0v) is 9.03. The van der Waals surface area contributed by atoms with Crippen LogP contribution >= 0.6 is 0 Å². The summed E-state index contributed by atoms with van der Waals surface area (Å²) in [4.78, 5) is 10.5. The molecule has 0 unspecified atom stereocenters. The van der Waals surface area contributed by atoms with Crippen molar-refractivity contribution in [3.05, 3.63) is 21.9 Å². The minimum atomic E-state index is -0.223. The molecule has 1 saturated carbocycles. The van der Waals surface area contributed by atoms with Gasteiger partial charge in [-0.1, -0.05) is 33.1 Å². The number of hydrogen-bond donors (Lipinski definition) is 0. The quantitative estimate of drug-likeness (QED) is 0.514. The molecule has 3 heteroatoms. The van der Waals surface area contributed by atoms with Crippen LogP contribution in [-0.4, -0.2) is 4.92 Å². The Hall–Kier alpha value is -0.860. The molecule has 14 heavy (non-hydrogen) atoms. The molecule has 1 fully saturated rings. The molecule has 0 bridgehead atoms. The SMILES string of the molecule is CC(C)/C(=C\C1CCCCC1)[N+](=O)[O-]. The minimum Gasteiger partial charge on any atom is -0.259 e. The van der Waals surface area contributed by atoms with Crippen molar-refractivity contribution in [2.24, 2.45) is 11.8 Å². The highest BCUT2D eigenvalue weighted by Crippen LogP contribution is 2.27. The van der Waals surface area contributed by atoms with Gasteiger partial charge in [0, 0.05) is 5.92 Å². The number of nitrogens with zero attached hydrogens (tertiary/aromatic N) is 1. The van der Waals surface area contributed by atoms with E-state index in [0.717, 1.165) is 12.8 Å². The van der Waals surface area contributed by atoms with Gasteiger partial charge in [-0.3, -0.25) is 10.1 Å². The van der Waals surface area contributed by atoms with Gasteiger partial charge < -0.3 is 0 Å². The van der Waals surface area contributed by atoms with Crippen LogP contribution in [0, 0.1) is 22.0 Å². The largest absolute Gasteiger partial charge is 0.259 e. The molecule has 1 rings (SSSR count). The molecule has 1 aliphatic rings. The van der Waals surface area contributed by atoms with E-state index in [4.69, 9.17) is 0 Å². The van der Waals surface area contributed by atoms with Crippen LogP contribution in [0.15, 0.2) is 11.8 Å². The van der Waals surface area contributed by atoms with Crippen molar-refractivity contribution in [3.8, 4) is 0 Å². The van der Waals surface area contributed by atoms with E-state index in [-0.39, 0.29) is 10.8 Å². The van der Waals surface area contributed by atoms with E-state index >= 15 is 0 Å². The van der Waals surface area contributed by atoms with Crippen molar-refractivity contribution >= 4 is 0 Å². The predicted octanol–water partition coefficient (Wildman–Crippen LogP) is 3.38. The second-order valence-corrected chi connectivity index (χ2v) is 4.40. The lowest BCUT2D eigenvalue weighted by Gasteiger charge is -2.18. The molecule has 3 nitrogen and oxygen atoms in total. The summed E-state index contributed by atoms with van der Waals surface area (Å²) < 4.78 is 0. The third kappa shape index (κ3) is 3.13. The molecule has 0 aromatic heterocycles. The Labute approximate surface area is 85.3 Å². The zero-order chi connectivity index (χ0) is 10.6. The molecule has 0 heterocycles. The highest BCUT2D eigenvalue weighted by molar-refractivity contribution is 4.99. The third-order valence-electron chi connectivity index (χ3n) is 2.86. The topological polar surface area (TPSA) is 43.1 Å². The van der Waals surface area contributed by atoms with Gasteiger partial charge in [-0.25, -0.2) is 0 Å². The van der Waals surface area contributed by atoms with Crippen molar-refractivity contribution in [1.82, 2.24) is 0 Å². The Morgan fingerprint density at radius 3 is 2.36 bits per heavy atom. The fourth-order valence-electron chi connectivity index (χ4n) is 2.01. The molecule has 1 aliphatic carbocycles. The number of rotatable bonds is 3. The first kappa shape index (κ1) is 11.2. The van der Waals surface area contributed by atoms with Crippen molar-refractivity contribution < 1.29 is 4.92 Å². The molecule has 0 spiro atoms. The van der Waals surface area contributed by atoms with Crippen LogP contribution in [0.4, 0.5) is 0 Å². The summed E-state index contributed by atoms with van der Waals surface area (Å²) in [7, 11) is 0. The van der Waals surface area contributed by atoms with Gasteiger partial charge in [-0.2, -0.15) is 0 Å². The average molecular weight is 197 g/mol. The molecule has 0 saturated heterocycles. The smallest absolute Gasteiger partial charge is 0.245 e. The molecule has 0 aromatic carbocycles. The second kappa shape index (κ2) is 5.13. The molecule has 0 atom stereocenters. The number of nitro groups is 1. The lowest BCUT2D eigenvalue weighted by Crippen LogP contribution is -2.11. The van der Waals surface area contributed by atoms with E-state index < -0.39 is 0 Å². The Balaban J connectivity index is 2.65. The van der Waals surface area contributed by atoms with E-state index in [9.17, 15) is 10.1 Å². The Morgan fingerprint density at radius 1 is 1.36 bits per heavy atom. The summed E-state index contributed by atoms with van der Waals surface area (Å²) in [6, 6.07) is 0. The third-order valence-corrected chi connectivity index (χ3v) is 2.86.